The third-order valence-corrected chi connectivity index (χ3v) is 3.63. The predicted molar refractivity (Wildman–Crippen MR) is 78.1 cm³/mol. The van der Waals surface area contributed by atoms with Crippen molar-refractivity contribution >= 4 is 5.65 Å². The third-order valence-electron chi connectivity index (χ3n) is 3.63. The molecule has 1 N–H and O–H groups in total. The zero-order chi connectivity index (χ0) is 21.8. The van der Waals surface area contributed by atoms with E-state index in [2.05, 4.69) is 15.2 Å². The van der Waals surface area contributed by atoms with Crippen LogP contribution >= 0.6 is 0 Å². The number of alkyl halides is 8. The Labute approximate surface area is 153 Å². The Hall–Kier alpha value is -3.26. The van der Waals surface area contributed by atoms with Crippen LogP contribution in [0.3, 0.4) is 0 Å². The summed E-state index contributed by atoms with van der Waals surface area (Å²) in [6.45, 7) is -2.01. The minimum atomic E-state index is -5.91. The summed E-state index contributed by atoms with van der Waals surface area (Å²) in [6.07, 6.45) is -9.42. The van der Waals surface area contributed by atoms with Crippen LogP contribution in [0.4, 0.5) is 35.1 Å². The average Bonchev–Trinajstić information content (AvgIpc) is 2.99. The molecule has 15 heteroatoms. The van der Waals surface area contributed by atoms with Crippen LogP contribution in [0.1, 0.15) is 5.69 Å². The summed E-state index contributed by atoms with van der Waals surface area (Å²) in [5, 5.41) is 15.9. The molecule has 0 bridgehead atoms. The molecular weight excluding hydrogens is 422 g/mol. The van der Waals surface area contributed by atoms with E-state index >= 15 is 0 Å². The van der Waals surface area contributed by atoms with Crippen LogP contribution in [-0.4, -0.2) is 41.6 Å². The molecule has 0 unspecified atom stereocenters. The van der Waals surface area contributed by atoms with E-state index in [0.29, 0.717) is 16.9 Å². The summed E-state index contributed by atoms with van der Waals surface area (Å²) in [7, 11) is 0. The molecule has 0 saturated heterocycles. The fraction of sp³-hybridized carbons (Fsp3) is 0.286. The number of fused-ring (bicyclic) bond motifs is 1. The molecule has 0 atom stereocenters. The van der Waals surface area contributed by atoms with Gasteiger partial charge in [-0.2, -0.15) is 49.8 Å². The zero-order valence-electron chi connectivity index (χ0n) is 13.6. The molecule has 0 aliphatic heterocycles. The van der Waals surface area contributed by atoms with Crippen LogP contribution in [0.5, 0.6) is 5.75 Å². The van der Waals surface area contributed by atoms with Gasteiger partial charge in [-0.3, -0.25) is 9.48 Å². The van der Waals surface area contributed by atoms with Crippen LogP contribution < -0.4 is 5.56 Å². The van der Waals surface area contributed by atoms with Gasteiger partial charge in [-0.1, -0.05) is 0 Å². The highest BCUT2D eigenvalue weighted by molar-refractivity contribution is 5.66. The quantitative estimate of drug-likeness (QED) is 0.648. The van der Waals surface area contributed by atoms with Crippen LogP contribution in [0, 0.1) is 0 Å². The number of aromatic nitrogens is 5. The topological polar surface area (TPSA) is 85.3 Å². The van der Waals surface area contributed by atoms with E-state index in [9.17, 15) is 45.0 Å². The molecule has 0 aliphatic carbocycles. The maximum atomic E-state index is 13.4. The maximum Gasteiger partial charge on any atom is 0.455 e. The van der Waals surface area contributed by atoms with Crippen molar-refractivity contribution in [1.29, 1.82) is 0 Å². The highest BCUT2D eigenvalue weighted by Crippen LogP contribution is 2.37. The van der Waals surface area contributed by atoms with E-state index in [0.717, 1.165) is 12.3 Å². The molecule has 7 nitrogen and oxygen atoms in total. The summed E-state index contributed by atoms with van der Waals surface area (Å²) < 4.78 is 104. The molecule has 0 radical (unpaired) electrons. The van der Waals surface area contributed by atoms with Crippen LogP contribution in [-0.2, 0) is 12.7 Å². The minimum Gasteiger partial charge on any atom is -0.506 e. The summed E-state index contributed by atoms with van der Waals surface area (Å²) in [6, 6.07) is 0.723. The van der Waals surface area contributed by atoms with Gasteiger partial charge < -0.3 is 5.11 Å². The Morgan fingerprint density at radius 2 is 1.66 bits per heavy atom. The molecule has 0 spiro atoms. The monoisotopic (exact) mass is 429 g/mol. The number of hydrogen-bond donors (Lipinski definition) is 1. The molecule has 0 aliphatic rings. The van der Waals surface area contributed by atoms with Crippen molar-refractivity contribution in [3.63, 3.8) is 0 Å². The minimum absolute atomic E-state index is 0.0571. The first kappa shape index (κ1) is 20.5. The van der Waals surface area contributed by atoms with Gasteiger partial charge in [-0.05, 0) is 0 Å². The largest absolute Gasteiger partial charge is 0.506 e. The van der Waals surface area contributed by atoms with E-state index in [-0.39, 0.29) is 4.68 Å². The lowest BCUT2D eigenvalue weighted by atomic mass is 10.1. The van der Waals surface area contributed by atoms with Crippen LogP contribution in [0.2, 0.25) is 0 Å². The fourth-order valence-corrected chi connectivity index (χ4v) is 2.36. The number of aromatic hydroxyl groups is 1. The summed E-state index contributed by atoms with van der Waals surface area (Å²) in [5.74, 6) is -5.79. The smallest absolute Gasteiger partial charge is 0.455 e. The lowest BCUT2D eigenvalue weighted by Crippen LogP contribution is -2.40. The van der Waals surface area contributed by atoms with Crippen LogP contribution in [0.15, 0.2) is 29.5 Å². The molecule has 0 fully saturated rings. The van der Waals surface area contributed by atoms with Gasteiger partial charge in [0.15, 0.2) is 11.3 Å². The van der Waals surface area contributed by atoms with Gasteiger partial charge in [0.2, 0.25) is 0 Å². The molecule has 0 amide bonds. The van der Waals surface area contributed by atoms with Gasteiger partial charge in [0.25, 0.3) is 5.56 Å². The summed E-state index contributed by atoms with van der Waals surface area (Å²) in [4.78, 5) is 15.7. The average molecular weight is 429 g/mol. The zero-order valence-corrected chi connectivity index (χ0v) is 13.6. The highest BCUT2D eigenvalue weighted by atomic mass is 19.4. The molecule has 3 heterocycles. The summed E-state index contributed by atoms with van der Waals surface area (Å²) in [5.41, 5.74) is -5.67. The van der Waals surface area contributed by atoms with Crippen molar-refractivity contribution in [2.75, 3.05) is 0 Å². The molecule has 29 heavy (non-hydrogen) atoms. The third kappa shape index (κ3) is 3.71. The SMILES string of the molecule is O=c1c(-c2cnn(CC(F)(F)C(F)(F)F)c2)c(C(F)(F)F)nc2cc(O)cnn12. The molecule has 3 aromatic heterocycles. The van der Waals surface area contributed by atoms with Crippen molar-refractivity contribution < 1.29 is 40.2 Å². The second kappa shape index (κ2) is 6.38. The van der Waals surface area contributed by atoms with E-state index < -0.39 is 58.6 Å². The molecule has 0 saturated carbocycles. The van der Waals surface area contributed by atoms with E-state index in [1.165, 1.54) is 0 Å². The van der Waals surface area contributed by atoms with Crippen LogP contribution in [0.25, 0.3) is 16.8 Å². The number of nitrogens with zero attached hydrogens (tertiary/aromatic N) is 5. The van der Waals surface area contributed by atoms with Crippen molar-refractivity contribution in [3.8, 4) is 16.9 Å². The van der Waals surface area contributed by atoms with Crippen molar-refractivity contribution in [2.45, 2.75) is 24.8 Å². The van der Waals surface area contributed by atoms with Crippen molar-refractivity contribution in [1.82, 2.24) is 24.4 Å². The Bertz CT molecular complexity index is 1130. The Kier molecular flexibility index (Phi) is 4.51. The Morgan fingerprint density at radius 3 is 2.24 bits per heavy atom. The van der Waals surface area contributed by atoms with E-state index in [4.69, 9.17) is 0 Å². The summed E-state index contributed by atoms with van der Waals surface area (Å²) >= 11 is 0. The second-order valence-corrected chi connectivity index (χ2v) is 5.75. The standard InChI is InChI=1S/C14H7F8N5O2/c15-12(16,14(20,21)22)5-26-4-6(2-23-26)9-10(13(17,18)19)25-8-1-7(28)3-24-27(8)11(9)29/h1-4,28H,5H2. The van der Waals surface area contributed by atoms with Gasteiger partial charge in [-0.15, -0.1) is 0 Å². The van der Waals surface area contributed by atoms with Crippen molar-refractivity contribution in [2.24, 2.45) is 0 Å². The van der Waals surface area contributed by atoms with Gasteiger partial charge in [0.1, 0.15) is 12.3 Å². The first-order valence-corrected chi connectivity index (χ1v) is 7.37. The lowest BCUT2D eigenvalue weighted by molar-refractivity contribution is -0.287. The number of hydrogen-bond acceptors (Lipinski definition) is 5. The van der Waals surface area contributed by atoms with Gasteiger partial charge in [-0.25, -0.2) is 4.98 Å². The molecular formula is C14H7F8N5O2. The normalized spacial score (nSPS) is 13.2. The molecule has 0 aromatic carbocycles. The maximum absolute atomic E-state index is 13.4. The highest BCUT2D eigenvalue weighted by Gasteiger charge is 2.57. The van der Waals surface area contributed by atoms with Gasteiger partial charge >= 0.3 is 18.3 Å². The first-order valence-electron chi connectivity index (χ1n) is 7.37. The Balaban J connectivity index is 2.18. The lowest BCUT2D eigenvalue weighted by Gasteiger charge is -2.19. The fourth-order valence-electron chi connectivity index (χ4n) is 2.36. The number of halogens is 8. The van der Waals surface area contributed by atoms with E-state index in [1.54, 1.807) is 0 Å². The van der Waals surface area contributed by atoms with E-state index in [1.807, 2.05) is 0 Å². The molecule has 156 valence electrons. The predicted octanol–water partition coefficient (Wildman–Crippen LogP) is 2.88. The van der Waals surface area contributed by atoms with Gasteiger partial charge in [0, 0.05) is 17.8 Å². The second-order valence-electron chi connectivity index (χ2n) is 5.75. The molecule has 3 aromatic rings. The molecule has 3 rings (SSSR count). The Morgan fingerprint density at radius 1 is 1.00 bits per heavy atom. The number of rotatable bonds is 3. The first-order chi connectivity index (χ1) is 13.2. The van der Waals surface area contributed by atoms with Crippen molar-refractivity contribution in [3.05, 3.63) is 40.7 Å². The van der Waals surface area contributed by atoms with Gasteiger partial charge in [0.05, 0.1) is 18.0 Å².